The standard InChI is InChI=1S/C23H22N2O4S/c1-16-20(23(27)25-11-14-28-15-12-25)22(30-21(16)17-6-3-2-4-7-17)24-19(26)10-9-18-8-5-13-29-18/h2-10,13H,11-12,14-15H2,1H3,(H,24,26)/b10-9+. The lowest BCUT2D eigenvalue weighted by Crippen LogP contribution is -2.41. The summed E-state index contributed by atoms with van der Waals surface area (Å²) in [5.41, 5.74) is 2.43. The molecule has 1 fully saturated rings. The fourth-order valence-corrected chi connectivity index (χ4v) is 4.55. The molecule has 3 aromatic rings. The fraction of sp³-hybridized carbons (Fsp3) is 0.217. The van der Waals surface area contributed by atoms with E-state index in [9.17, 15) is 9.59 Å². The molecular formula is C23H22N2O4S. The molecule has 1 N–H and O–H groups in total. The summed E-state index contributed by atoms with van der Waals surface area (Å²) in [6.07, 6.45) is 4.54. The highest BCUT2D eigenvalue weighted by atomic mass is 32.1. The van der Waals surface area contributed by atoms with Crippen molar-refractivity contribution in [3.63, 3.8) is 0 Å². The Kier molecular flexibility index (Phi) is 6.11. The van der Waals surface area contributed by atoms with Gasteiger partial charge in [-0.25, -0.2) is 0 Å². The number of hydrogen-bond donors (Lipinski definition) is 1. The van der Waals surface area contributed by atoms with Gasteiger partial charge in [0.1, 0.15) is 10.8 Å². The number of ether oxygens (including phenoxy) is 1. The van der Waals surface area contributed by atoms with E-state index in [2.05, 4.69) is 5.32 Å². The number of nitrogens with one attached hydrogen (secondary N) is 1. The average Bonchev–Trinajstić information content (AvgIpc) is 3.41. The number of benzene rings is 1. The highest BCUT2D eigenvalue weighted by molar-refractivity contribution is 7.20. The predicted molar refractivity (Wildman–Crippen MR) is 118 cm³/mol. The van der Waals surface area contributed by atoms with Gasteiger partial charge in [0.2, 0.25) is 5.91 Å². The van der Waals surface area contributed by atoms with Gasteiger partial charge >= 0.3 is 0 Å². The Morgan fingerprint density at radius 3 is 2.57 bits per heavy atom. The van der Waals surface area contributed by atoms with E-state index in [4.69, 9.17) is 9.15 Å². The Morgan fingerprint density at radius 1 is 1.10 bits per heavy atom. The van der Waals surface area contributed by atoms with Gasteiger partial charge in [0.05, 0.1) is 25.0 Å². The van der Waals surface area contributed by atoms with Crippen molar-refractivity contribution in [3.05, 3.63) is 71.7 Å². The van der Waals surface area contributed by atoms with Crippen LogP contribution in [-0.4, -0.2) is 43.0 Å². The van der Waals surface area contributed by atoms with Crippen LogP contribution in [0.4, 0.5) is 5.00 Å². The zero-order chi connectivity index (χ0) is 20.9. The molecular weight excluding hydrogens is 400 g/mol. The van der Waals surface area contributed by atoms with E-state index >= 15 is 0 Å². The van der Waals surface area contributed by atoms with Crippen molar-refractivity contribution in [1.82, 2.24) is 4.90 Å². The number of morpholine rings is 1. The van der Waals surface area contributed by atoms with Gasteiger partial charge in [-0.15, -0.1) is 11.3 Å². The number of carbonyl (C=O) groups is 2. The maximum atomic E-state index is 13.3. The van der Waals surface area contributed by atoms with E-state index in [1.54, 1.807) is 29.4 Å². The molecule has 4 rings (SSSR count). The lowest BCUT2D eigenvalue weighted by molar-refractivity contribution is -0.111. The summed E-state index contributed by atoms with van der Waals surface area (Å²) in [6.45, 7) is 4.06. The summed E-state index contributed by atoms with van der Waals surface area (Å²) in [7, 11) is 0. The highest BCUT2D eigenvalue weighted by Crippen LogP contribution is 2.40. The number of nitrogens with zero attached hydrogens (tertiary/aromatic N) is 1. The molecule has 0 atom stereocenters. The highest BCUT2D eigenvalue weighted by Gasteiger charge is 2.27. The zero-order valence-corrected chi connectivity index (χ0v) is 17.4. The Balaban J connectivity index is 1.66. The predicted octanol–water partition coefficient (Wildman–Crippen LogP) is 4.44. The second kappa shape index (κ2) is 9.11. The first-order valence-corrected chi connectivity index (χ1v) is 10.5. The van der Waals surface area contributed by atoms with Gasteiger partial charge in [0, 0.05) is 24.0 Å². The van der Waals surface area contributed by atoms with Crippen molar-refractivity contribution in [2.75, 3.05) is 31.6 Å². The molecule has 1 aromatic carbocycles. The Bertz CT molecular complexity index is 1050. The van der Waals surface area contributed by atoms with Gasteiger partial charge in [0.15, 0.2) is 0 Å². The van der Waals surface area contributed by atoms with Gasteiger partial charge in [-0.3, -0.25) is 9.59 Å². The number of hydrogen-bond acceptors (Lipinski definition) is 5. The largest absolute Gasteiger partial charge is 0.465 e. The molecule has 0 bridgehead atoms. The zero-order valence-electron chi connectivity index (χ0n) is 16.6. The van der Waals surface area contributed by atoms with Crippen LogP contribution in [0, 0.1) is 6.92 Å². The number of amides is 2. The summed E-state index contributed by atoms with van der Waals surface area (Å²) in [5, 5.41) is 3.45. The normalized spacial score (nSPS) is 14.2. The molecule has 1 aliphatic heterocycles. The molecule has 1 aliphatic rings. The number of rotatable bonds is 5. The SMILES string of the molecule is Cc1c(-c2ccccc2)sc(NC(=O)/C=C/c2ccco2)c1C(=O)N1CCOCC1. The minimum atomic E-state index is -0.316. The van der Waals surface area contributed by atoms with Crippen LogP contribution in [0.25, 0.3) is 16.5 Å². The molecule has 3 heterocycles. The summed E-state index contributed by atoms with van der Waals surface area (Å²) in [5.74, 6) is 0.185. The third-order valence-corrected chi connectivity index (χ3v) is 6.13. The van der Waals surface area contributed by atoms with Gasteiger partial charge < -0.3 is 19.4 Å². The second-order valence-corrected chi connectivity index (χ2v) is 7.89. The first kappa shape index (κ1) is 20.1. The summed E-state index contributed by atoms with van der Waals surface area (Å²) < 4.78 is 10.6. The second-order valence-electron chi connectivity index (χ2n) is 6.87. The smallest absolute Gasteiger partial charge is 0.257 e. The summed E-state index contributed by atoms with van der Waals surface area (Å²) in [6, 6.07) is 13.4. The molecule has 1 saturated heterocycles. The fourth-order valence-electron chi connectivity index (χ4n) is 3.35. The van der Waals surface area contributed by atoms with Gasteiger partial charge in [-0.1, -0.05) is 30.3 Å². The number of thiophene rings is 1. The molecule has 2 aromatic heterocycles. The Hall–Kier alpha value is -3.16. The van der Waals surface area contributed by atoms with Crippen LogP contribution in [0.15, 0.2) is 59.2 Å². The first-order valence-electron chi connectivity index (χ1n) is 9.72. The number of anilines is 1. The number of carbonyl (C=O) groups excluding carboxylic acids is 2. The van der Waals surface area contributed by atoms with E-state index in [1.807, 2.05) is 37.3 Å². The molecule has 154 valence electrons. The summed E-state index contributed by atoms with van der Waals surface area (Å²) in [4.78, 5) is 28.6. The van der Waals surface area contributed by atoms with Crippen LogP contribution in [0.5, 0.6) is 0 Å². The van der Waals surface area contributed by atoms with Gasteiger partial charge in [0.25, 0.3) is 5.91 Å². The van der Waals surface area contributed by atoms with Crippen molar-refractivity contribution >= 4 is 34.2 Å². The Morgan fingerprint density at radius 2 is 1.87 bits per heavy atom. The van der Waals surface area contributed by atoms with Gasteiger partial charge in [-0.05, 0) is 36.3 Å². The van der Waals surface area contributed by atoms with Crippen molar-refractivity contribution < 1.29 is 18.7 Å². The molecule has 0 saturated carbocycles. The van der Waals surface area contributed by atoms with Crippen LogP contribution in [0.1, 0.15) is 21.7 Å². The van der Waals surface area contributed by atoms with Crippen LogP contribution < -0.4 is 5.32 Å². The molecule has 0 radical (unpaired) electrons. The maximum absolute atomic E-state index is 13.3. The Labute approximate surface area is 178 Å². The third-order valence-electron chi connectivity index (χ3n) is 4.87. The molecule has 7 heteroatoms. The third kappa shape index (κ3) is 4.37. The average molecular weight is 423 g/mol. The molecule has 0 aliphatic carbocycles. The minimum Gasteiger partial charge on any atom is -0.465 e. The number of furan rings is 1. The van der Waals surface area contributed by atoms with Crippen LogP contribution >= 0.6 is 11.3 Å². The molecule has 0 spiro atoms. The summed E-state index contributed by atoms with van der Waals surface area (Å²) >= 11 is 1.42. The maximum Gasteiger partial charge on any atom is 0.257 e. The lowest BCUT2D eigenvalue weighted by Gasteiger charge is -2.27. The van der Waals surface area contributed by atoms with Crippen molar-refractivity contribution in [3.8, 4) is 10.4 Å². The lowest BCUT2D eigenvalue weighted by atomic mass is 10.1. The monoisotopic (exact) mass is 422 g/mol. The van der Waals surface area contributed by atoms with Crippen molar-refractivity contribution in [2.24, 2.45) is 0 Å². The van der Waals surface area contributed by atoms with Crippen LogP contribution in [-0.2, 0) is 9.53 Å². The molecule has 30 heavy (non-hydrogen) atoms. The van der Waals surface area contributed by atoms with E-state index in [0.717, 1.165) is 16.0 Å². The quantitative estimate of drug-likeness (QED) is 0.617. The minimum absolute atomic E-state index is 0.0838. The van der Waals surface area contributed by atoms with Gasteiger partial charge in [-0.2, -0.15) is 0 Å². The van der Waals surface area contributed by atoms with E-state index < -0.39 is 0 Å². The topological polar surface area (TPSA) is 71.8 Å². The van der Waals surface area contributed by atoms with Crippen LogP contribution in [0.3, 0.4) is 0 Å². The molecule has 2 amide bonds. The van der Waals surface area contributed by atoms with E-state index in [-0.39, 0.29) is 11.8 Å². The van der Waals surface area contributed by atoms with E-state index in [1.165, 1.54) is 17.4 Å². The first-order chi connectivity index (χ1) is 14.6. The van der Waals surface area contributed by atoms with E-state index in [0.29, 0.717) is 42.6 Å². The van der Waals surface area contributed by atoms with Crippen LogP contribution in [0.2, 0.25) is 0 Å². The van der Waals surface area contributed by atoms with Crippen molar-refractivity contribution in [1.29, 1.82) is 0 Å². The molecule has 6 nitrogen and oxygen atoms in total. The van der Waals surface area contributed by atoms with Crippen molar-refractivity contribution in [2.45, 2.75) is 6.92 Å². The molecule has 0 unspecified atom stereocenters.